The Morgan fingerprint density at radius 3 is 2.42 bits per heavy atom. The molecule has 1 amide bonds. The predicted molar refractivity (Wildman–Crippen MR) is 69.9 cm³/mol. The Morgan fingerprint density at radius 1 is 1.26 bits per heavy atom. The van der Waals surface area contributed by atoms with Gasteiger partial charge in [-0.3, -0.25) is 14.5 Å². The van der Waals surface area contributed by atoms with Crippen molar-refractivity contribution in [3.8, 4) is 0 Å². The molecule has 0 bridgehead atoms. The van der Waals surface area contributed by atoms with Crippen LogP contribution in [-0.4, -0.2) is 53.5 Å². The summed E-state index contributed by atoms with van der Waals surface area (Å²) in [5.74, 6) is -0.597. The lowest BCUT2D eigenvalue weighted by molar-refractivity contribution is -0.137. The molecule has 0 atom stereocenters. The topological polar surface area (TPSA) is 74.0 Å². The Hall–Kier alpha value is -1.82. The van der Waals surface area contributed by atoms with Crippen molar-refractivity contribution < 1.29 is 19.1 Å². The fourth-order valence-electron chi connectivity index (χ4n) is 1.71. The van der Waals surface area contributed by atoms with E-state index in [-0.39, 0.29) is 12.3 Å². The molecule has 1 aromatic rings. The highest BCUT2D eigenvalue weighted by Crippen LogP contribution is 2.12. The van der Waals surface area contributed by atoms with Gasteiger partial charge in [-0.2, -0.15) is 0 Å². The van der Waals surface area contributed by atoms with Gasteiger partial charge in [0.2, 0.25) is 0 Å². The lowest BCUT2D eigenvalue weighted by Gasteiger charge is -2.16. The van der Waals surface area contributed by atoms with Gasteiger partial charge in [0.05, 0.1) is 6.54 Å². The van der Waals surface area contributed by atoms with E-state index >= 15 is 0 Å². The fourth-order valence-corrected chi connectivity index (χ4v) is 1.71. The smallest absolute Gasteiger partial charge is 0.323 e. The van der Waals surface area contributed by atoms with Gasteiger partial charge in [-0.25, -0.2) is 0 Å². The number of carboxylic acid groups (broad SMARTS) is 1. The van der Waals surface area contributed by atoms with Crippen LogP contribution in [-0.2, 0) is 11.3 Å². The summed E-state index contributed by atoms with van der Waals surface area (Å²) in [6, 6.07) is 3.33. The van der Waals surface area contributed by atoms with E-state index in [1.807, 2.05) is 0 Å². The van der Waals surface area contributed by atoms with Gasteiger partial charge in [-0.1, -0.05) is 13.8 Å². The molecule has 0 saturated heterocycles. The van der Waals surface area contributed by atoms with Gasteiger partial charge in [0.1, 0.15) is 12.3 Å². The van der Waals surface area contributed by atoms with E-state index in [1.165, 1.54) is 7.05 Å². The zero-order chi connectivity index (χ0) is 14.4. The normalized spacial score (nSPS) is 10.7. The molecule has 0 fully saturated rings. The number of carboxylic acids is 1. The molecule has 1 aromatic heterocycles. The van der Waals surface area contributed by atoms with Gasteiger partial charge in [0, 0.05) is 7.05 Å². The summed E-state index contributed by atoms with van der Waals surface area (Å²) in [4.78, 5) is 25.7. The first-order valence-corrected chi connectivity index (χ1v) is 6.26. The number of likely N-dealkylation sites (N-methyl/N-ethyl adjacent to an activating group) is 1. The quantitative estimate of drug-likeness (QED) is 0.806. The Balaban J connectivity index is 2.68. The molecule has 0 radical (unpaired) electrons. The van der Waals surface area contributed by atoms with Crippen molar-refractivity contribution in [2.45, 2.75) is 20.4 Å². The van der Waals surface area contributed by atoms with Gasteiger partial charge in [0.15, 0.2) is 5.76 Å². The molecule has 0 spiro atoms. The standard InChI is InChI=1S/C13H20N2O4/c1-4-15(5-2)8-10-6-7-11(19-10)13(18)14(3)9-12(16)17/h6-7H,4-5,8-9H2,1-3H3,(H,16,17). The Labute approximate surface area is 112 Å². The second-order valence-electron chi connectivity index (χ2n) is 4.28. The second kappa shape index (κ2) is 6.94. The summed E-state index contributed by atoms with van der Waals surface area (Å²) in [5, 5.41) is 8.64. The van der Waals surface area contributed by atoms with Gasteiger partial charge >= 0.3 is 5.97 Å². The number of rotatable bonds is 7. The van der Waals surface area contributed by atoms with E-state index in [4.69, 9.17) is 9.52 Å². The third-order valence-electron chi connectivity index (χ3n) is 2.87. The van der Waals surface area contributed by atoms with Crippen LogP contribution in [0.2, 0.25) is 0 Å². The third kappa shape index (κ3) is 4.40. The fraction of sp³-hybridized carbons (Fsp3) is 0.538. The SMILES string of the molecule is CCN(CC)Cc1ccc(C(=O)N(C)CC(=O)O)o1. The predicted octanol–water partition coefficient (Wildman–Crippen LogP) is 1.28. The van der Waals surface area contributed by atoms with Gasteiger partial charge in [0.25, 0.3) is 5.91 Å². The maximum Gasteiger partial charge on any atom is 0.323 e. The highest BCUT2D eigenvalue weighted by Gasteiger charge is 2.18. The maximum absolute atomic E-state index is 11.9. The minimum Gasteiger partial charge on any atom is -0.480 e. The summed E-state index contributed by atoms with van der Waals surface area (Å²) >= 11 is 0. The number of hydrogen-bond acceptors (Lipinski definition) is 4. The zero-order valence-corrected chi connectivity index (χ0v) is 11.5. The molecule has 106 valence electrons. The summed E-state index contributed by atoms with van der Waals surface area (Å²) in [6.07, 6.45) is 0. The van der Waals surface area contributed by atoms with E-state index < -0.39 is 11.9 Å². The molecule has 1 N–H and O–H groups in total. The van der Waals surface area contributed by atoms with Crippen LogP contribution in [0, 0.1) is 0 Å². The summed E-state index contributed by atoms with van der Waals surface area (Å²) in [5.41, 5.74) is 0. The van der Waals surface area contributed by atoms with Crippen LogP contribution in [0.3, 0.4) is 0 Å². The average Bonchev–Trinajstić information content (AvgIpc) is 2.82. The summed E-state index contributed by atoms with van der Waals surface area (Å²) in [6.45, 7) is 6.21. The van der Waals surface area contributed by atoms with Crippen molar-refractivity contribution in [1.29, 1.82) is 0 Å². The molecule has 1 rings (SSSR count). The van der Waals surface area contributed by atoms with Crippen molar-refractivity contribution in [3.63, 3.8) is 0 Å². The number of carbonyl (C=O) groups is 2. The Bertz CT molecular complexity index is 438. The number of nitrogens with zero attached hydrogens (tertiary/aromatic N) is 2. The van der Waals surface area contributed by atoms with Crippen LogP contribution in [0.1, 0.15) is 30.2 Å². The minimum absolute atomic E-state index is 0.172. The highest BCUT2D eigenvalue weighted by atomic mass is 16.4. The molecular formula is C13H20N2O4. The van der Waals surface area contributed by atoms with Crippen molar-refractivity contribution in [2.75, 3.05) is 26.7 Å². The number of hydrogen-bond donors (Lipinski definition) is 1. The lowest BCUT2D eigenvalue weighted by Crippen LogP contribution is -2.31. The van der Waals surface area contributed by atoms with E-state index in [9.17, 15) is 9.59 Å². The molecular weight excluding hydrogens is 248 g/mol. The summed E-state index contributed by atoms with van der Waals surface area (Å²) < 4.78 is 5.46. The van der Waals surface area contributed by atoms with Gasteiger partial charge < -0.3 is 14.4 Å². The van der Waals surface area contributed by atoms with Crippen molar-refractivity contribution >= 4 is 11.9 Å². The molecule has 1 heterocycles. The number of carbonyl (C=O) groups excluding carboxylic acids is 1. The first kappa shape index (κ1) is 15.2. The number of amides is 1. The largest absolute Gasteiger partial charge is 0.480 e. The van der Waals surface area contributed by atoms with Crippen molar-refractivity contribution in [1.82, 2.24) is 9.80 Å². The van der Waals surface area contributed by atoms with Crippen molar-refractivity contribution in [2.24, 2.45) is 0 Å². The van der Waals surface area contributed by atoms with Crippen LogP contribution in [0.25, 0.3) is 0 Å². The van der Waals surface area contributed by atoms with E-state index in [1.54, 1.807) is 12.1 Å². The molecule has 0 saturated carbocycles. The first-order valence-electron chi connectivity index (χ1n) is 6.26. The molecule has 0 aromatic carbocycles. The molecule has 19 heavy (non-hydrogen) atoms. The molecule has 0 aliphatic carbocycles. The molecule has 0 unspecified atom stereocenters. The third-order valence-corrected chi connectivity index (χ3v) is 2.87. The van der Waals surface area contributed by atoms with Crippen molar-refractivity contribution in [3.05, 3.63) is 23.7 Å². The first-order chi connectivity index (χ1) is 8.97. The lowest BCUT2D eigenvalue weighted by atomic mass is 10.3. The Morgan fingerprint density at radius 2 is 1.89 bits per heavy atom. The number of aliphatic carboxylic acids is 1. The maximum atomic E-state index is 11.9. The van der Waals surface area contributed by atoms with E-state index in [0.29, 0.717) is 12.3 Å². The van der Waals surface area contributed by atoms with Crippen LogP contribution < -0.4 is 0 Å². The molecule has 0 aliphatic heterocycles. The minimum atomic E-state index is -1.05. The van der Waals surface area contributed by atoms with Crippen LogP contribution in [0.4, 0.5) is 0 Å². The van der Waals surface area contributed by atoms with Crippen LogP contribution in [0.15, 0.2) is 16.5 Å². The monoisotopic (exact) mass is 268 g/mol. The second-order valence-corrected chi connectivity index (χ2v) is 4.28. The molecule has 0 aliphatic rings. The van der Waals surface area contributed by atoms with E-state index in [0.717, 1.165) is 18.0 Å². The number of furan rings is 1. The van der Waals surface area contributed by atoms with Crippen LogP contribution in [0.5, 0.6) is 0 Å². The van der Waals surface area contributed by atoms with Gasteiger partial charge in [-0.15, -0.1) is 0 Å². The Kier molecular flexibility index (Phi) is 5.57. The summed E-state index contributed by atoms with van der Waals surface area (Å²) in [7, 11) is 1.43. The highest BCUT2D eigenvalue weighted by molar-refractivity contribution is 5.93. The molecule has 6 nitrogen and oxygen atoms in total. The van der Waals surface area contributed by atoms with Gasteiger partial charge in [-0.05, 0) is 25.2 Å². The van der Waals surface area contributed by atoms with E-state index in [2.05, 4.69) is 18.7 Å². The molecule has 6 heteroatoms. The zero-order valence-electron chi connectivity index (χ0n) is 11.5. The van der Waals surface area contributed by atoms with Crippen LogP contribution >= 0.6 is 0 Å². The average molecular weight is 268 g/mol.